The molecule has 1 heterocycles. The summed E-state index contributed by atoms with van der Waals surface area (Å²) in [6.07, 6.45) is 0. The second-order valence-corrected chi connectivity index (χ2v) is 8.98. The monoisotopic (exact) mass is 433 g/mol. The van der Waals surface area contributed by atoms with Crippen molar-refractivity contribution in [1.29, 1.82) is 0 Å². The van der Waals surface area contributed by atoms with Crippen LogP contribution in [0.2, 0.25) is 0 Å². The number of benzene rings is 2. The fraction of sp³-hybridized carbons (Fsp3) is 0.350. The number of nitro groups is 1. The molecule has 0 N–H and O–H groups in total. The van der Waals surface area contributed by atoms with Gasteiger partial charge in [0.2, 0.25) is 10.0 Å². The second-order valence-electron chi connectivity index (χ2n) is 7.02. The molecule has 1 aliphatic rings. The molecular formula is C20H23N3O6S. The molecular weight excluding hydrogens is 410 g/mol. The van der Waals surface area contributed by atoms with Gasteiger partial charge in [0.1, 0.15) is 5.75 Å². The highest BCUT2D eigenvalue weighted by molar-refractivity contribution is 7.88. The summed E-state index contributed by atoms with van der Waals surface area (Å²) in [7, 11) is -3.45. The molecule has 0 spiro atoms. The first-order valence-corrected chi connectivity index (χ1v) is 11.0. The number of piperazine rings is 1. The van der Waals surface area contributed by atoms with Crippen molar-refractivity contribution in [1.82, 2.24) is 9.21 Å². The predicted octanol–water partition coefficient (Wildman–Crippen LogP) is 1.96. The average molecular weight is 433 g/mol. The van der Waals surface area contributed by atoms with E-state index in [4.69, 9.17) is 4.74 Å². The van der Waals surface area contributed by atoms with Crippen LogP contribution in [0, 0.1) is 17.0 Å². The van der Waals surface area contributed by atoms with E-state index in [0.29, 0.717) is 11.3 Å². The van der Waals surface area contributed by atoms with E-state index in [-0.39, 0.29) is 50.1 Å². The van der Waals surface area contributed by atoms with Crippen LogP contribution in [-0.2, 0) is 20.6 Å². The number of nitro benzene ring substituents is 1. The molecule has 0 atom stereocenters. The quantitative estimate of drug-likeness (QED) is 0.488. The fourth-order valence-electron chi connectivity index (χ4n) is 3.25. The lowest BCUT2D eigenvalue weighted by Gasteiger charge is -2.34. The summed E-state index contributed by atoms with van der Waals surface area (Å²) in [6.45, 7) is 2.43. The number of nitrogens with zero attached hydrogens (tertiary/aromatic N) is 3. The average Bonchev–Trinajstić information content (AvgIpc) is 2.72. The Balaban J connectivity index is 1.50. The van der Waals surface area contributed by atoms with Crippen LogP contribution in [0.25, 0.3) is 0 Å². The summed E-state index contributed by atoms with van der Waals surface area (Å²) < 4.78 is 32.1. The number of ether oxygens (including phenoxy) is 1. The molecule has 0 aromatic heterocycles. The van der Waals surface area contributed by atoms with Crippen LogP contribution < -0.4 is 4.74 Å². The summed E-state index contributed by atoms with van der Waals surface area (Å²) in [4.78, 5) is 24.4. The standard InChI is InChI=1S/C20H23N3O6S/c1-16-13-18(7-8-19(16)23(25)26)29-14-20(24)21-9-11-22(12-10-21)30(27,28)15-17-5-3-2-4-6-17/h2-8,13H,9-12,14-15H2,1H3. The number of carbonyl (C=O) groups is 1. The number of aryl methyl sites for hydroxylation is 1. The van der Waals surface area contributed by atoms with E-state index >= 15 is 0 Å². The molecule has 10 heteroatoms. The first-order chi connectivity index (χ1) is 14.3. The Bertz CT molecular complexity index is 1020. The first-order valence-electron chi connectivity index (χ1n) is 9.43. The summed E-state index contributed by atoms with van der Waals surface area (Å²) in [5, 5.41) is 10.9. The van der Waals surface area contributed by atoms with E-state index < -0.39 is 14.9 Å². The van der Waals surface area contributed by atoms with E-state index in [1.165, 1.54) is 22.5 Å². The van der Waals surface area contributed by atoms with Gasteiger partial charge in [0.15, 0.2) is 6.61 Å². The Kier molecular flexibility index (Phi) is 6.68. The van der Waals surface area contributed by atoms with Crippen molar-refractivity contribution in [3.05, 3.63) is 69.8 Å². The van der Waals surface area contributed by atoms with Crippen LogP contribution in [0.1, 0.15) is 11.1 Å². The van der Waals surface area contributed by atoms with Gasteiger partial charge in [0.25, 0.3) is 11.6 Å². The largest absolute Gasteiger partial charge is 0.484 e. The topological polar surface area (TPSA) is 110 Å². The van der Waals surface area contributed by atoms with E-state index in [1.54, 1.807) is 36.1 Å². The van der Waals surface area contributed by atoms with Crippen molar-refractivity contribution in [2.24, 2.45) is 0 Å². The van der Waals surface area contributed by atoms with Gasteiger partial charge in [-0.05, 0) is 24.6 Å². The maximum atomic E-state index is 12.6. The SMILES string of the molecule is Cc1cc(OCC(=O)N2CCN(S(=O)(=O)Cc3ccccc3)CC2)ccc1[N+](=O)[O-]. The predicted molar refractivity (Wildman–Crippen MR) is 111 cm³/mol. The van der Waals surface area contributed by atoms with Crippen LogP contribution in [0.5, 0.6) is 5.75 Å². The molecule has 0 aliphatic carbocycles. The van der Waals surface area contributed by atoms with Crippen molar-refractivity contribution in [3.63, 3.8) is 0 Å². The van der Waals surface area contributed by atoms with Gasteiger partial charge >= 0.3 is 0 Å². The van der Waals surface area contributed by atoms with Gasteiger partial charge in [0, 0.05) is 37.8 Å². The van der Waals surface area contributed by atoms with Crippen LogP contribution in [-0.4, -0.2) is 61.2 Å². The van der Waals surface area contributed by atoms with Crippen LogP contribution >= 0.6 is 0 Å². The highest BCUT2D eigenvalue weighted by Gasteiger charge is 2.29. The van der Waals surface area contributed by atoms with Crippen molar-refractivity contribution in [2.75, 3.05) is 32.8 Å². The number of hydrogen-bond donors (Lipinski definition) is 0. The summed E-state index contributed by atoms with van der Waals surface area (Å²) >= 11 is 0. The summed E-state index contributed by atoms with van der Waals surface area (Å²) in [6, 6.07) is 13.3. The normalized spacial score (nSPS) is 15.0. The lowest BCUT2D eigenvalue weighted by atomic mass is 10.2. The minimum atomic E-state index is -3.45. The Morgan fingerprint density at radius 1 is 1.10 bits per heavy atom. The Morgan fingerprint density at radius 2 is 1.77 bits per heavy atom. The third-order valence-electron chi connectivity index (χ3n) is 4.90. The zero-order valence-electron chi connectivity index (χ0n) is 16.6. The van der Waals surface area contributed by atoms with Crippen LogP contribution in [0.3, 0.4) is 0 Å². The summed E-state index contributed by atoms with van der Waals surface area (Å²) in [5.41, 5.74) is 1.16. The van der Waals surface area contributed by atoms with Gasteiger partial charge in [-0.25, -0.2) is 8.42 Å². The Hall–Kier alpha value is -2.98. The first kappa shape index (κ1) is 21.7. The van der Waals surface area contributed by atoms with Gasteiger partial charge in [0.05, 0.1) is 10.7 Å². The van der Waals surface area contributed by atoms with E-state index in [9.17, 15) is 23.3 Å². The van der Waals surface area contributed by atoms with Gasteiger partial charge in [-0.15, -0.1) is 0 Å². The molecule has 3 rings (SSSR count). The van der Waals surface area contributed by atoms with Crippen molar-refractivity contribution in [2.45, 2.75) is 12.7 Å². The van der Waals surface area contributed by atoms with E-state index in [0.717, 1.165) is 5.56 Å². The minimum absolute atomic E-state index is 0.0125. The zero-order chi connectivity index (χ0) is 21.7. The number of carbonyl (C=O) groups excluding carboxylic acids is 1. The number of amides is 1. The third kappa shape index (κ3) is 5.33. The minimum Gasteiger partial charge on any atom is -0.484 e. The number of rotatable bonds is 7. The molecule has 160 valence electrons. The molecule has 1 saturated heterocycles. The highest BCUT2D eigenvalue weighted by Crippen LogP contribution is 2.23. The van der Waals surface area contributed by atoms with Gasteiger partial charge < -0.3 is 9.64 Å². The molecule has 2 aromatic rings. The highest BCUT2D eigenvalue weighted by atomic mass is 32.2. The lowest BCUT2D eigenvalue weighted by Crippen LogP contribution is -2.51. The third-order valence-corrected chi connectivity index (χ3v) is 6.75. The fourth-order valence-corrected chi connectivity index (χ4v) is 4.77. The zero-order valence-corrected chi connectivity index (χ0v) is 17.4. The summed E-state index contributed by atoms with van der Waals surface area (Å²) in [5.74, 6) is 0.0475. The second kappa shape index (κ2) is 9.23. The van der Waals surface area contributed by atoms with Gasteiger partial charge in [-0.3, -0.25) is 14.9 Å². The lowest BCUT2D eigenvalue weighted by molar-refractivity contribution is -0.385. The van der Waals surface area contributed by atoms with E-state index in [2.05, 4.69) is 0 Å². The van der Waals surface area contributed by atoms with Gasteiger partial charge in [-0.1, -0.05) is 30.3 Å². The maximum Gasteiger partial charge on any atom is 0.272 e. The maximum absolute atomic E-state index is 12.6. The van der Waals surface area contributed by atoms with Gasteiger partial charge in [-0.2, -0.15) is 4.31 Å². The molecule has 0 unspecified atom stereocenters. The molecule has 30 heavy (non-hydrogen) atoms. The van der Waals surface area contributed by atoms with Crippen molar-refractivity contribution < 1.29 is 22.9 Å². The molecule has 2 aromatic carbocycles. The Labute approximate surface area is 175 Å². The van der Waals surface area contributed by atoms with E-state index in [1.807, 2.05) is 6.07 Å². The molecule has 0 radical (unpaired) electrons. The van der Waals surface area contributed by atoms with Crippen molar-refractivity contribution in [3.8, 4) is 5.75 Å². The molecule has 1 fully saturated rings. The number of hydrogen-bond acceptors (Lipinski definition) is 6. The van der Waals surface area contributed by atoms with Crippen LogP contribution in [0.15, 0.2) is 48.5 Å². The molecule has 9 nitrogen and oxygen atoms in total. The smallest absolute Gasteiger partial charge is 0.272 e. The van der Waals surface area contributed by atoms with Crippen molar-refractivity contribution >= 4 is 21.6 Å². The Morgan fingerprint density at radius 3 is 2.37 bits per heavy atom. The molecule has 1 amide bonds. The molecule has 0 bridgehead atoms. The molecule has 1 aliphatic heterocycles. The van der Waals surface area contributed by atoms with Crippen LogP contribution in [0.4, 0.5) is 5.69 Å². The number of sulfonamides is 1. The molecule has 0 saturated carbocycles.